The number of benzene rings is 2. The highest BCUT2D eigenvalue weighted by Gasteiger charge is 2.32. The Labute approximate surface area is 198 Å². The molecule has 0 fully saturated rings. The van der Waals surface area contributed by atoms with Gasteiger partial charge >= 0.3 is 6.18 Å². The molecule has 13 heteroatoms. The number of hydrogen-bond donors (Lipinski definition) is 4. The molecule has 35 heavy (non-hydrogen) atoms. The molecule has 2 amide bonds. The SMILES string of the molecule is C.N#C/C=N/N.O=C(CN1Cc2cccc(Nc3ccc4cn[nH]c4c3)c2C1=O)NCC(F)(F)F. The van der Waals surface area contributed by atoms with E-state index in [1.54, 1.807) is 35.8 Å². The van der Waals surface area contributed by atoms with E-state index in [9.17, 15) is 22.8 Å². The summed E-state index contributed by atoms with van der Waals surface area (Å²) in [6.07, 6.45) is -1.84. The Morgan fingerprint density at radius 1 is 1.34 bits per heavy atom. The standard InChI is InChI=1S/C19H16F3N5O2.C2H3N3.CH4/c20-19(21,22)10-23-16(28)9-27-8-12-2-1-3-14(17(12)18(27)29)25-13-5-4-11-7-24-26-15(11)6-13;3-1-2-5-4;/h1-7,25H,8-10H2,(H,23,28)(H,24,26);2H,4H2;1H4/b;5-2+;. The average Bonchev–Trinajstić information content (AvgIpc) is 3.37. The number of H-pyrrole nitrogens is 1. The zero-order valence-electron chi connectivity index (χ0n) is 17.6. The highest BCUT2D eigenvalue weighted by atomic mass is 19.4. The number of halogens is 3. The van der Waals surface area contributed by atoms with Crippen molar-refractivity contribution in [3.8, 4) is 6.07 Å². The molecule has 2 aromatic carbocycles. The van der Waals surface area contributed by atoms with Crippen LogP contribution in [0.4, 0.5) is 24.5 Å². The minimum Gasteiger partial charge on any atom is -0.355 e. The van der Waals surface area contributed by atoms with Crippen LogP contribution in [-0.2, 0) is 11.3 Å². The summed E-state index contributed by atoms with van der Waals surface area (Å²) >= 11 is 0. The average molecular weight is 488 g/mol. The van der Waals surface area contributed by atoms with Crippen molar-refractivity contribution >= 4 is 40.3 Å². The van der Waals surface area contributed by atoms with E-state index < -0.39 is 31.1 Å². The van der Waals surface area contributed by atoms with Gasteiger partial charge in [0.05, 0.1) is 23.0 Å². The highest BCUT2D eigenvalue weighted by Crippen LogP contribution is 2.31. The summed E-state index contributed by atoms with van der Waals surface area (Å²) in [7, 11) is 0. The molecule has 10 nitrogen and oxygen atoms in total. The lowest BCUT2D eigenvalue weighted by molar-refractivity contribution is -0.138. The molecule has 1 aromatic heterocycles. The molecule has 0 aliphatic carbocycles. The van der Waals surface area contributed by atoms with Gasteiger partial charge < -0.3 is 21.4 Å². The van der Waals surface area contributed by atoms with E-state index in [0.717, 1.165) is 22.8 Å². The molecule has 5 N–H and O–H groups in total. The molecule has 0 atom stereocenters. The van der Waals surface area contributed by atoms with Crippen LogP contribution >= 0.6 is 0 Å². The second kappa shape index (κ2) is 11.5. The van der Waals surface area contributed by atoms with Gasteiger partial charge in [-0.3, -0.25) is 14.7 Å². The largest absolute Gasteiger partial charge is 0.405 e. The second-order valence-electron chi connectivity index (χ2n) is 7.10. The maximum Gasteiger partial charge on any atom is 0.405 e. The molecule has 3 aromatic rings. The summed E-state index contributed by atoms with van der Waals surface area (Å²) in [5, 5.41) is 23.2. The number of carbonyl (C=O) groups is 2. The van der Waals surface area contributed by atoms with Gasteiger partial charge in [0, 0.05) is 17.6 Å². The van der Waals surface area contributed by atoms with E-state index in [2.05, 4.69) is 26.5 Å². The second-order valence-corrected chi connectivity index (χ2v) is 7.10. The number of anilines is 2. The monoisotopic (exact) mass is 488 g/mol. The minimum atomic E-state index is -4.50. The van der Waals surface area contributed by atoms with E-state index in [-0.39, 0.29) is 14.0 Å². The van der Waals surface area contributed by atoms with Crippen molar-refractivity contribution in [2.45, 2.75) is 20.1 Å². The molecular weight excluding hydrogens is 465 g/mol. The fourth-order valence-electron chi connectivity index (χ4n) is 3.28. The molecule has 1 aliphatic rings. The third-order valence-corrected chi connectivity index (χ3v) is 4.69. The third kappa shape index (κ3) is 6.94. The first-order valence-electron chi connectivity index (χ1n) is 9.78. The fraction of sp³-hybridized carbons (Fsp3) is 0.227. The van der Waals surface area contributed by atoms with Gasteiger partial charge in [0.15, 0.2) is 0 Å². The van der Waals surface area contributed by atoms with Crippen molar-refractivity contribution in [3.05, 3.63) is 53.7 Å². The van der Waals surface area contributed by atoms with Gasteiger partial charge in [-0.2, -0.15) is 28.6 Å². The number of fused-ring (bicyclic) bond motifs is 2. The van der Waals surface area contributed by atoms with Gasteiger partial charge in [0.25, 0.3) is 5.91 Å². The van der Waals surface area contributed by atoms with Crippen LogP contribution in [0.3, 0.4) is 0 Å². The minimum absolute atomic E-state index is 0. The number of nitrogens with two attached hydrogens (primary N) is 1. The molecule has 2 heterocycles. The number of aromatic amines is 1. The summed E-state index contributed by atoms with van der Waals surface area (Å²) in [5.41, 5.74) is 3.23. The van der Waals surface area contributed by atoms with Crippen molar-refractivity contribution in [2.75, 3.05) is 18.4 Å². The molecule has 0 saturated heterocycles. The van der Waals surface area contributed by atoms with Crippen LogP contribution in [0, 0.1) is 11.3 Å². The Morgan fingerprint density at radius 2 is 2.11 bits per heavy atom. The first kappa shape index (κ1) is 26.7. The molecule has 4 rings (SSSR count). The summed E-state index contributed by atoms with van der Waals surface area (Å²) in [6, 6.07) is 12.4. The number of alkyl halides is 3. The number of nitrogens with one attached hydrogen (secondary N) is 3. The highest BCUT2D eigenvalue weighted by molar-refractivity contribution is 6.05. The Hall–Kier alpha value is -4.60. The number of nitriles is 1. The number of nitrogens with zero attached hydrogens (tertiary/aromatic N) is 4. The van der Waals surface area contributed by atoms with E-state index in [1.165, 1.54) is 4.90 Å². The van der Waals surface area contributed by atoms with Crippen LogP contribution in [0.5, 0.6) is 0 Å². The Kier molecular flexibility index (Phi) is 8.76. The van der Waals surface area contributed by atoms with E-state index in [0.29, 0.717) is 16.8 Å². The topological polar surface area (TPSA) is 152 Å². The molecule has 0 spiro atoms. The van der Waals surface area contributed by atoms with Crippen molar-refractivity contribution in [3.63, 3.8) is 0 Å². The van der Waals surface area contributed by atoms with Crippen molar-refractivity contribution in [1.82, 2.24) is 20.4 Å². The van der Waals surface area contributed by atoms with Gasteiger partial charge in [-0.15, -0.1) is 0 Å². The first-order chi connectivity index (χ1) is 16.2. The smallest absolute Gasteiger partial charge is 0.355 e. The van der Waals surface area contributed by atoms with Crippen LogP contribution in [0.2, 0.25) is 0 Å². The van der Waals surface area contributed by atoms with Crippen molar-refractivity contribution < 1.29 is 22.8 Å². The number of amides is 2. The Bertz CT molecular complexity index is 1260. The van der Waals surface area contributed by atoms with Gasteiger partial charge in [0.2, 0.25) is 5.91 Å². The Morgan fingerprint density at radius 3 is 2.77 bits per heavy atom. The lowest BCUT2D eigenvalue weighted by atomic mass is 10.1. The van der Waals surface area contributed by atoms with E-state index in [1.807, 2.05) is 18.2 Å². The van der Waals surface area contributed by atoms with Gasteiger partial charge in [-0.25, -0.2) is 0 Å². The predicted octanol–water partition coefficient (Wildman–Crippen LogP) is 3.03. The lowest BCUT2D eigenvalue weighted by Gasteiger charge is -2.16. The normalized spacial score (nSPS) is 12.4. The first-order valence-corrected chi connectivity index (χ1v) is 9.78. The third-order valence-electron chi connectivity index (χ3n) is 4.69. The van der Waals surface area contributed by atoms with Crippen molar-refractivity contribution in [1.29, 1.82) is 5.26 Å². The van der Waals surface area contributed by atoms with Gasteiger partial charge in [0.1, 0.15) is 25.4 Å². The zero-order valence-corrected chi connectivity index (χ0v) is 17.6. The quantitative estimate of drug-likeness (QED) is 0.246. The number of rotatable bonds is 5. The number of hydrazone groups is 1. The summed E-state index contributed by atoms with van der Waals surface area (Å²) in [6.45, 7) is -1.71. The van der Waals surface area contributed by atoms with E-state index in [4.69, 9.17) is 5.26 Å². The van der Waals surface area contributed by atoms with Gasteiger partial charge in [-0.05, 0) is 29.8 Å². The fourth-order valence-corrected chi connectivity index (χ4v) is 3.28. The van der Waals surface area contributed by atoms with Crippen molar-refractivity contribution in [2.24, 2.45) is 10.9 Å². The summed E-state index contributed by atoms with van der Waals surface area (Å²) in [5.74, 6) is 3.22. The zero-order chi connectivity index (χ0) is 24.7. The molecule has 0 bridgehead atoms. The van der Waals surface area contributed by atoms with Crippen LogP contribution in [0.25, 0.3) is 10.9 Å². The number of hydrogen-bond acceptors (Lipinski definition) is 7. The van der Waals surface area contributed by atoms with E-state index >= 15 is 0 Å². The summed E-state index contributed by atoms with van der Waals surface area (Å²) < 4.78 is 36.7. The predicted molar refractivity (Wildman–Crippen MR) is 125 cm³/mol. The molecular formula is C22H23F3N8O2. The van der Waals surface area contributed by atoms with Crippen LogP contribution < -0.4 is 16.5 Å². The number of aromatic nitrogens is 2. The lowest BCUT2D eigenvalue weighted by Crippen LogP contribution is -2.41. The molecule has 0 radical (unpaired) electrons. The van der Waals surface area contributed by atoms with Crippen LogP contribution in [-0.4, -0.2) is 52.4 Å². The maximum absolute atomic E-state index is 12.8. The Balaban J connectivity index is 0.000000656. The van der Waals surface area contributed by atoms with Crippen LogP contribution in [0.15, 0.2) is 47.7 Å². The van der Waals surface area contributed by atoms with Gasteiger partial charge in [-0.1, -0.05) is 19.6 Å². The number of carbonyl (C=O) groups excluding carboxylic acids is 2. The molecule has 184 valence electrons. The molecule has 1 aliphatic heterocycles. The molecule has 0 saturated carbocycles. The molecule has 0 unspecified atom stereocenters. The summed E-state index contributed by atoms with van der Waals surface area (Å²) in [4.78, 5) is 25.8. The van der Waals surface area contributed by atoms with Crippen LogP contribution in [0.1, 0.15) is 23.3 Å². The maximum atomic E-state index is 12.8.